The van der Waals surface area contributed by atoms with Crippen molar-refractivity contribution in [3.63, 3.8) is 0 Å². The van der Waals surface area contributed by atoms with Crippen molar-refractivity contribution in [1.29, 1.82) is 0 Å². The molecule has 0 bridgehead atoms. The Balaban J connectivity index is 1.22. The van der Waals surface area contributed by atoms with Crippen LogP contribution in [0.25, 0.3) is 97.0 Å². The molecule has 0 atom stereocenters. The van der Waals surface area contributed by atoms with E-state index in [1.807, 2.05) is 11.3 Å². The summed E-state index contributed by atoms with van der Waals surface area (Å²) >= 11 is 1.86. The lowest BCUT2D eigenvalue weighted by Crippen LogP contribution is -1.90. The van der Waals surface area contributed by atoms with Crippen LogP contribution in [-0.2, 0) is 0 Å². The maximum atomic E-state index is 6.63. The van der Waals surface area contributed by atoms with E-state index in [1.54, 1.807) is 0 Å². The summed E-state index contributed by atoms with van der Waals surface area (Å²) in [5, 5.41) is 10.0. The van der Waals surface area contributed by atoms with Crippen molar-refractivity contribution in [2.24, 2.45) is 0 Å². The van der Waals surface area contributed by atoms with E-state index < -0.39 is 0 Å². The van der Waals surface area contributed by atoms with Gasteiger partial charge in [0.1, 0.15) is 11.2 Å². The second kappa shape index (κ2) is 9.90. The molecular weight excluding hydrogens is 577 g/mol. The molecule has 0 N–H and O–H groups in total. The Morgan fingerprint density at radius 3 is 1.54 bits per heavy atom. The quantitative estimate of drug-likeness (QED) is 0.183. The van der Waals surface area contributed by atoms with Crippen LogP contribution in [0.15, 0.2) is 162 Å². The Labute approximate surface area is 269 Å². The molecule has 10 rings (SSSR count). The van der Waals surface area contributed by atoms with Gasteiger partial charge in [-0.05, 0) is 67.6 Å². The molecule has 0 amide bonds. The van der Waals surface area contributed by atoms with Gasteiger partial charge >= 0.3 is 0 Å². The van der Waals surface area contributed by atoms with E-state index in [-0.39, 0.29) is 0 Å². The largest absolute Gasteiger partial charge is 0.455 e. The highest BCUT2D eigenvalue weighted by molar-refractivity contribution is 7.26. The van der Waals surface area contributed by atoms with Crippen LogP contribution in [0, 0.1) is 0 Å². The van der Waals surface area contributed by atoms with Crippen molar-refractivity contribution in [3.05, 3.63) is 158 Å². The van der Waals surface area contributed by atoms with Gasteiger partial charge in [-0.2, -0.15) is 0 Å². The van der Waals surface area contributed by atoms with Crippen LogP contribution in [-0.4, -0.2) is 0 Å². The molecule has 0 saturated carbocycles. The maximum Gasteiger partial charge on any atom is 0.144 e. The molecule has 1 nitrogen and oxygen atoms in total. The van der Waals surface area contributed by atoms with E-state index in [2.05, 4.69) is 158 Å². The predicted octanol–water partition coefficient (Wildman–Crippen LogP) is 13.3. The smallest absolute Gasteiger partial charge is 0.144 e. The summed E-state index contributed by atoms with van der Waals surface area (Å²) in [6.07, 6.45) is 0. The fourth-order valence-corrected chi connectivity index (χ4v) is 8.69. The molecule has 0 spiro atoms. The van der Waals surface area contributed by atoms with Crippen LogP contribution in [0.4, 0.5) is 0 Å². The molecule has 0 saturated heterocycles. The van der Waals surface area contributed by atoms with Crippen LogP contribution in [0.3, 0.4) is 0 Å². The number of rotatable bonds is 3. The number of thiophene rings is 1. The zero-order chi connectivity index (χ0) is 30.2. The summed E-state index contributed by atoms with van der Waals surface area (Å²) in [7, 11) is 0. The summed E-state index contributed by atoms with van der Waals surface area (Å²) in [5.41, 5.74) is 9.17. The first-order valence-corrected chi connectivity index (χ1v) is 16.5. The molecule has 0 radical (unpaired) electrons. The number of fused-ring (bicyclic) bond motifs is 9. The first-order chi connectivity index (χ1) is 22.8. The topological polar surface area (TPSA) is 13.1 Å². The zero-order valence-corrected chi connectivity index (χ0v) is 25.6. The second-order valence-electron chi connectivity index (χ2n) is 12.0. The summed E-state index contributed by atoms with van der Waals surface area (Å²) in [6, 6.07) is 57.1. The SMILES string of the molecule is c1ccc(-c2c3ccccc3c(-c3ccc(-c4cc5c6ccccc6sc5c5c4oc4ccccc45)cc3)c3ccccc23)cc1. The maximum absolute atomic E-state index is 6.63. The van der Waals surface area contributed by atoms with Crippen molar-refractivity contribution in [3.8, 4) is 33.4 Å². The first-order valence-electron chi connectivity index (χ1n) is 15.7. The van der Waals surface area contributed by atoms with Gasteiger partial charge in [-0.15, -0.1) is 11.3 Å². The van der Waals surface area contributed by atoms with Crippen molar-refractivity contribution in [2.45, 2.75) is 0 Å². The molecule has 0 fully saturated rings. The van der Waals surface area contributed by atoms with Crippen molar-refractivity contribution < 1.29 is 4.42 Å². The standard InChI is InChI=1S/C44H26OS/c1-2-12-28(13-3-1)40-31-15-4-6-17-33(31)41(34-18-7-5-16-32(34)40)29-24-22-27(23-25-29)36-26-37-30-14-9-11-21-39(30)46-44(37)42-35-19-8-10-20-38(35)45-43(36)42/h1-26H. The molecular formula is C44H26OS. The van der Waals surface area contributed by atoms with Gasteiger partial charge in [0.15, 0.2) is 0 Å². The Morgan fingerprint density at radius 1 is 0.391 bits per heavy atom. The van der Waals surface area contributed by atoms with Crippen LogP contribution >= 0.6 is 11.3 Å². The summed E-state index contributed by atoms with van der Waals surface area (Å²) in [5.74, 6) is 0. The molecule has 214 valence electrons. The van der Waals surface area contributed by atoms with Gasteiger partial charge in [0.2, 0.25) is 0 Å². The van der Waals surface area contributed by atoms with E-state index in [4.69, 9.17) is 4.42 Å². The van der Waals surface area contributed by atoms with E-state index in [0.29, 0.717) is 0 Å². The van der Waals surface area contributed by atoms with E-state index in [1.165, 1.54) is 74.7 Å². The lowest BCUT2D eigenvalue weighted by atomic mass is 9.85. The van der Waals surface area contributed by atoms with Gasteiger partial charge in [-0.1, -0.05) is 140 Å². The van der Waals surface area contributed by atoms with Crippen LogP contribution in [0.5, 0.6) is 0 Å². The van der Waals surface area contributed by atoms with Crippen LogP contribution in [0.2, 0.25) is 0 Å². The van der Waals surface area contributed by atoms with Gasteiger partial charge in [0.05, 0.1) is 0 Å². The van der Waals surface area contributed by atoms with Crippen LogP contribution < -0.4 is 0 Å². The van der Waals surface area contributed by atoms with Crippen LogP contribution in [0.1, 0.15) is 0 Å². The minimum Gasteiger partial charge on any atom is -0.455 e. The zero-order valence-electron chi connectivity index (χ0n) is 24.8. The third-order valence-corrected chi connectivity index (χ3v) is 10.7. The normalized spacial score (nSPS) is 11.9. The average Bonchev–Trinajstić information content (AvgIpc) is 3.69. The van der Waals surface area contributed by atoms with Gasteiger partial charge in [0, 0.05) is 36.5 Å². The molecule has 46 heavy (non-hydrogen) atoms. The minimum absolute atomic E-state index is 0.928. The average molecular weight is 603 g/mol. The number of hydrogen-bond donors (Lipinski definition) is 0. The molecule has 2 aromatic heterocycles. The highest BCUT2D eigenvalue weighted by Gasteiger charge is 2.20. The van der Waals surface area contributed by atoms with Gasteiger partial charge in [-0.25, -0.2) is 0 Å². The fraction of sp³-hybridized carbons (Fsp3) is 0. The Hall–Kier alpha value is -5.70. The third-order valence-electron chi connectivity index (χ3n) is 9.47. The van der Waals surface area contributed by atoms with Gasteiger partial charge in [-0.3, -0.25) is 0 Å². The van der Waals surface area contributed by atoms with Crippen molar-refractivity contribution >= 4 is 75.0 Å². The lowest BCUT2D eigenvalue weighted by molar-refractivity contribution is 0.670. The lowest BCUT2D eigenvalue weighted by Gasteiger charge is -2.18. The Kier molecular flexibility index (Phi) is 5.51. The predicted molar refractivity (Wildman–Crippen MR) is 198 cm³/mol. The first kappa shape index (κ1) is 25.6. The minimum atomic E-state index is 0.928. The number of hydrogen-bond acceptors (Lipinski definition) is 2. The van der Waals surface area contributed by atoms with E-state index >= 15 is 0 Å². The molecule has 10 aromatic rings. The van der Waals surface area contributed by atoms with Gasteiger partial charge < -0.3 is 4.42 Å². The summed E-state index contributed by atoms with van der Waals surface area (Å²) < 4.78 is 9.22. The molecule has 2 heteroatoms. The van der Waals surface area contributed by atoms with E-state index in [9.17, 15) is 0 Å². The van der Waals surface area contributed by atoms with E-state index in [0.717, 1.165) is 22.3 Å². The summed E-state index contributed by atoms with van der Waals surface area (Å²) in [4.78, 5) is 0. The molecule has 8 aromatic carbocycles. The van der Waals surface area contributed by atoms with Crippen molar-refractivity contribution in [1.82, 2.24) is 0 Å². The molecule has 2 heterocycles. The Bertz CT molecular complexity index is 2730. The second-order valence-corrected chi connectivity index (χ2v) is 13.0. The monoisotopic (exact) mass is 602 g/mol. The highest BCUT2D eigenvalue weighted by Crippen LogP contribution is 2.47. The molecule has 0 aliphatic carbocycles. The van der Waals surface area contributed by atoms with Gasteiger partial charge in [0.25, 0.3) is 0 Å². The van der Waals surface area contributed by atoms with Crippen molar-refractivity contribution in [2.75, 3.05) is 0 Å². The summed E-state index contributed by atoms with van der Waals surface area (Å²) in [6.45, 7) is 0. The molecule has 0 unspecified atom stereocenters. The number of para-hydroxylation sites is 1. The number of benzene rings is 8. The fourth-order valence-electron chi connectivity index (χ4n) is 7.45. The molecule has 0 aliphatic rings. The highest BCUT2D eigenvalue weighted by atomic mass is 32.1. The number of furan rings is 1. The Morgan fingerprint density at radius 2 is 0.891 bits per heavy atom. The molecule has 0 aliphatic heterocycles. The third kappa shape index (κ3) is 3.68.